The summed E-state index contributed by atoms with van der Waals surface area (Å²) < 4.78 is 29.6. The summed E-state index contributed by atoms with van der Waals surface area (Å²) in [6.07, 6.45) is 7.62. The first kappa shape index (κ1) is 28.4. The van der Waals surface area contributed by atoms with Crippen molar-refractivity contribution in [3.8, 4) is 0 Å². The van der Waals surface area contributed by atoms with Crippen molar-refractivity contribution in [1.82, 2.24) is 5.06 Å². The van der Waals surface area contributed by atoms with Gasteiger partial charge in [-0.1, -0.05) is 65.3 Å². The van der Waals surface area contributed by atoms with Crippen molar-refractivity contribution in [1.29, 1.82) is 0 Å². The normalized spacial score (nSPS) is 46.0. The Morgan fingerprint density at radius 3 is 2.55 bits per heavy atom. The summed E-state index contributed by atoms with van der Waals surface area (Å²) in [6, 6.07) is -0.656. The van der Waals surface area contributed by atoms with E-state index in [1.54, 1.807) is 6.08 Å². The van der Waals surface area contributed by atoms with E-state index < -0.39 is 40.1 Å². The summed E-state index contributed by atoms with van der Waals surface area (Å²) in [4.78, 5) is 32.9. The number of hydrogen-bond acceptors (Lipinski definition) is 6. The number of carbonyl (C=O) groups is 2. The van der Waals surface area contributed by atoms with Gasteiger partial charge in [0, 0.05) is 35.3 Å². The number of fused-ring (bicyclic) bond motifs is 7. The molecule has 0 bridgehead atoms. The number of rotatable bonds is 7. The summed E-state index contributed by atoms with van der Waals surface area (Å²) >= 11 is 0.667. The van der Waals surface area contributed by atoms with Crippen LogP contribution in [0, 0.1) is 34.0 Å². The average Bonchev–Trinajstić information content (AvgIpc) is 3.31. The van der Waals surface area contributed by atoms with Crippen LogP contribution >= 0.6 is 11.8 Å². The SMILES string of the molecule is CCCC(CCC)N1CC2CC3(C)C4CC(F)C5=CC(=O)C=CC5(C)C4C(O)CC3(C)C2(C(=O)SCF)O1. The molecule has 5 rings (SSSR count). The second kappa shape index (κ2) is 9.78. The number of hydroxylamine groups is 2. The highest BCUT2D eigenvalue weighted by molar-refractivity contribution is 8.13. The van der Waals surface area contributed by atoms with Crippen molar-refractivity contribution in [2.45, 2.75) is 103 Å². The largest absolute Gasteiger partial charge is 0.393 e. The minimum absolute atomic E-state index is 0.169. The highest BCUT2D eigenvalue weighted by Crippen LogP contribution is 2.76. The van der Waals surface area contributed by atoms with Crippen LogP contribution < -0.4 is 0 Å². The fourth-order valence-electron chi connectivity index (χ4n) is 9.64. The standard InChI is InChI=1S/C30H43F2NO4S/c1-6-8-19(9-7-2)33-16-18-14-28(4)22-13-23(32)21-12-20(34)10-11-27(21,3)25(22)24(35)15-29(28,5)30(18,37-33)26(36)38-17-31/h10-12,18-19,22-25,35H,6-9,13-17H2,1-5H3. The molecular weight excluding hydrogens is 508 g/mol. The predicted molar refractivity (Wildman–Crippen MR) is 144 cm³/mol. The molecule has 8 heteroatoms. The van der Waals surface area contributed by atoms with E-state index in [9.17, 15) is 19.1 Å². The van der Waals surface area contributed by atoms with Crippen LogP contribution in [0.1, 0.15) is 79.6 Å². The Balaban J connectivity index is 1.59. The topological polar surface area (TPSA) is 66.8 Å². The zero-order valence-corrected chi connectivity index (χ0v) is 24.2. The highest BCUT2D eigenvalue weighted by Gasteiger charge is 2.80. The molecule has 3 saturated carbocycles. The Kier molecular flexibility index (Phi) is 7.32. The first-order chi connectivity index (χ1) is 17.9. The number of nitrogens with zero attached hydrogens (tertiary/aromatic N) is 1. The monoisotopic (exact) mass is 551 g/mol. The molecule has 1 aliphatic heterocycles. The van der Waals surface area contributed by atoms with E-state index in [-0.39, 0.29) is 41.1 Å². The Bertz CT molecular complexity index is 1050. The van der Waals surface area contributed by atoms with E-state index >= 15 is 4.39 Å². The first-order valence-electron chi connectivity index (χ1n) is 14.4. The maximum atomic E-state index is 15.9. The number of halogens is 2. The van der Waals surface area contributed by atoms with Crippen LogP contribution in [0.5, 0.6) is 0 Å². The Morgan fingerprint density at radius 2 is 1.92 bits per heavy atom. The van der Waals surface area contributed by atoms with E-state index in [0.717, 1.165) is 25.7 Å². The third-order valence-corrected chi connectivity index (χ3v) is 12.1. The van der Waals surface area contributed by atoms with Gasteiger partial charge in [-0.2, -0.15) is 5.06 Å². The van der Waals surface area contributed by atoms with E-state index in [4.69, 9.17) is 4.84 Å². The average molecular weight is 552 g/mol. The molecule has 0 spiro atoms. The molecule has 0 aromatic carbocycles. The van der Waals surface area contributed by atoms with Gasteiger partial charge in [0.05, 0.1) is 6.10 Å². The molecule has 0 aromatic heterocycles. The molecule has 0 amide bonds. The van der Waals surface area contributed by atoms with Gasteiger partial charge in [0.25, 0.3) is 0 Å². The van der Waals surface area contributed by atoms with Crippen LogP contribution in [-0.4, -0.2) is 57.5 Å². The van der Waals surface area contributed by atoms with Crippen LogP contribution in [0.4, 0.5) is 8.78 Å². The molecule has 1 heterocycles. The molecule has 0 radical (unpaired) electrons. The van der Waals surface area contributed by atoms with Crippen LogP contribution in [0.3, 0.4) is 0 Å². The van der Waals surface area contributed by atoms with Crippen LogP contribution in [0.2, 0.25) is 0 Å². The number of thioether (sulfide) groups is 1. The number of alkyl halides is 2. The minimum atomic E-state index is -1.30. The van der Waals surface area contributed by atoms with E-state index in [2.05, 4.69) is 20.8 Å². The number of aliphatic hydroxyl groups is 1. The number of aliphatic hydroxyl groups excluding tert-OH is 1. The van der Waals surface area contributed by atoms with Gasteiger partial charge in [-0.25, -0.2) is 8.78 Å². The maximum Gasteiger partial charge on any atom is 0.226 e. The van der Waals surface area contributed by atoms with Gasteiger partial charge in [-0.05, 0) is 61.2 Å². The Hall–Kier alpha value is -1.09. The summed E-state index contributed by atoms with van der Waals surface area (Å²) in [7, 11) is 0. The van der Waals surface area contributed by atoms with Crippen LogP contribution in [0.25, 0.3) is 0 Å². The van der Waals surface area contributed by atoms with Crippen LogP contribution in [-0.2, 0) is 14.4 Å². The summed E-state index contributed by atoms with van der Waals surface area (Å²) in [5.74, 6) is -0.897. The first-order valence-corrected chi connectivity index (χ1v) is 15.4. The molecular formula is C30H43F2NO4S. The Labute approximate surface area is 229 Å². The molecule has 1 saturated heterocycles. The van der Waals surface area contributed by atoms with Gasteiger partial charge in [0.1, 0.15) is 12.2 Å². The van der Waals surface area contributed by atoms with Gasteiger partial charge in [-0.15, -0.1) is 0 Å². The Morgan fingerprint density at radius 1 is 1.24 bits per heavy atom. The lowest BCUT2D eigenvalue weighted by Crippen LogP contribution is -2.66. The molecule has 4 fully saturated rings. The van der Waals surface area contributed by atoms with Gasteiger partial charge >= 0.3 is 0 Å². The summed E-state index contributed by atoms with van der Waals surface area (Å²) in [6.45, 7) is 11.0. The molecule has 5 aliphatic rings. The number of allylic oxidation sites excluding steroid dienone is 4. The summed E-state index contributed by atoms with van der Waals surface area (Å²) in [5, 5.41) is 13.5. The number of hydrogen-bond donors (Lipinski definition) is 1. The lowest BCUT2D eigenvalue weighted by Gasteiger charge is -2.64. The van der Waals surface area contributed by atoms with Gasteiger partial charge in [0.15, 0.2) is 11.4 Å². The number of ketones is 1. The molecule has 38 heavy (non-hydrogen) atoms. The zero-order valence-electron chi connectivity index (χ0n) is 23.3. The zero-order chi connectivity index (χ0) is 27.7. The third-order valence-electron chi connectivity index (χ3n) is 11.4. The van der Waals surface area contributed by atoms with E-state index in [1.807, 2.05) is 18.9 Å². The van der Waals surface area contributed by atoms with Crippen molar-refractivity contribution >= 4 is 22.7 Å². The second-order valence-corrected chi connectivity index (χ2v) is 14.0. The van der Waals surface area contributed by atoms with Gasteiger partial charge in [0.2, 0.25) is 5.12 Å². The molecule has 1 N–H and O–H groups in total. The molecule has 212 valence electrons. The third kappa shape index (κ3) is 3.65. The van der Waals surface area contributed by atoms with Crippen molar-refractivity contribution < 1.29 is 28.3 Å². The quantitative estimate of drug-likeness (QED) is 0.421. The highest BCUT2D eigenvalue weighted by atomic mass is 32.2. The predicted octanol–water partition coefficient (Wildman–Crippen LogP) is 5.97. The second-order valence-electron chi connectivity index (χ2n) is 13.1. The maximum absolute atomic E-state index is 15.9. The van der Waals surface area contributed by atoms with E-state index in [0.29, 0.717) is 36.7 Å². The smallest absolute Gasteiger partial charge is 0.226 e. The van der Waals surface area contributed by atoms with Crippen LogP contribution in [0.15, 0.2) is 23.8 Å². The van der Waals surface area contributed by atoms with E-state index in [1.165, 1.54) is 12.2 Å². The van der Waals surface area contributed by atoms with Crippen molar-refractivity contribution in [2.75, 3.05) is 12.6 Å². The molecule has 9 atom stereocenters. The lowest BCUT2D eigenvalue weighted by atomic mass is 9.41. The fraction of sp³-hybridized carbons (Fsp3) is 0.800. The lowest BCUT2D eigenvalue weighted by molar-refractivity contribution is -0.274. The number of carbonyl (C=O) groups excluding carboxylic acids is 2. The van der Waals surface area contributed by atoms with Crippen molar-refractivity contribution in [2.24, 2.45) is 34.0 Å². The summed E-state index contributed by atoms with van der Waals surface area (Å²) in [5.41, 5.74) is -2.92. The molecule has 5 nitrogen and oxygen atoms in total. The molecule has 4 aliphatic carbocycles. The van der Waals surface area contributed by atoms with Crippen molar-refractivity contribution in [3.05, 3.63) is 23.8 Å². The van der Waals surface area contributed by atoms with Gasteiger partial charge < -0.3 is 5.11 Å². The molecule has 0 aromatic rings. The van der Waals surface area contributed by atoms with Crippen molar-refractivity contribution in [3.63, 3.8) is 0 Å². The molecule has 9 unspecified atom stereocenters. The van der Waals surface area contributed by atoms with Gasteiger partial charge in [-0.3, -0.25) is 14.4 Å². The fourth-order valence-corrected chi connectivity index (χ4v) is 10.4. The minimum Gasteiger partial charge on any atom is -0.393 e.